The van der Waals surface area contributed by atoms with Crippen molar-refractivity contribution < 1.29 is 4.74 Å². The monoisotopic (exact) mass is 363 g/mol. The highest BCUT2D eigenvalue weighted by atomic mass is 32.2. The maximum absolute atomic E-state index is 6.16. The third-order valence-electron chi connectivity index (χ3n) is 5.22. The SMILES string of the molecule is CCSc1nc(N2CCCC2)c2c3c(sc2n1)COC(C)(CC)C3. The molecule has 130 valence electrons. The van der Waals surface area contributed by atoms with Crippen molar-refractivity contribution in [1.82, 2.24) is 9.97 Å². The van der Waals surface area contributed by atoms with Gasteiger partial charge >= 0.3 is 0 Å². The molecule has 2 aromatic rings. The molecule has 1 fully saturated rings. The van der Waals surface area contributed by atoms with E-state index < -0.39 is 0 Å². The van der Waals surface area contributed by atoms with Gasteiger partial charge in [0.2, 0.25) is 0 Å². The van der Waals surface area contributed by atoms with Gasteiger partial charge in [-0.2, -0.15) is 0 Å². The number of rotatable bonds is 4. The summed E-state index contributed by atoms with van der Waals surface area (Å²) >= 11 is 3.55. The molecule has 0 amide bonds. The summed E-state index contributed by atoms with van der Waals surface area (Å²) in [5.41, 5.74) is 1.39. The lowest BCUT2D eigenvalue weighted by atomic mass is 9.90. The van der Waals surface area contributed by atoms with E-state index in [-0.39, 0.29) is 5.60 Å². The first-order valence-electron chi connectivity index (χ1n) is 8.97. The van der Waals surface area contributed by atoms with Crippen molar-refractivity contribution in [3.8, 4) is 0 Å². The number of aromatic nitrogens is 2. The van der Waals surface area contributed by atoms with E-state index in [0.717, 1.165) is 48.3 Å². The lowest BCUT2D eigenvalue weighted by molar-refractivity contribution is -0.0542. The van der Waals surface area contributed by atoms with Crippen LogP contribution in [-0.2, 0) is 17.8 Å². The molecule has 0 N–H and O–H groups in total. The fraction of sp³-hybridized carbons (Fsp3) is 0.667. The molecule has 0 spiro atoms. The largest absolute Gasteiger partial charge is 0.369 e. The van der Waals surface area contributed by atoms with E-state index >= 15 is 0 Å². The molecule has 2 aliphatic heterocycles. The Morgan fingerprint density at radius 1 is 1.25 bits per heavy atom. The van der Waals surface area contributed by atoms with Crippen LogP contribution in [0.15, 0.2) is 5.16 Å². The van der Waals surface area contributed by atoms with Gasteiger partial charge in [-0.15, -0.1) is 11.3 Å². The Labute approximate surface area is 152 Å². The van der Waals surface area contributed by atoms with Gasteiger partial charge in [0.15, 0.2) is 5.16 Å². The molecule has 0 radical (unpaired) electrons. The number of hydrogen-bond donors (Lipinski definition) is 0. The Morgan fingerprint density at radius 3 is 2.75 bits per heavy atom. The molecule has 1 atom stereocenters. The molecule has 0 aliphatic carbocycles. The summed E-state index contributed by atoms with van der Waals surface area (Å²) in [6.07, 6.45) is 4.55. The summed E-state index contributed by atoms with van der Waals surface area (Å²) in [5.74, 6) is 2.18. The molecule has 4 rings (SSSR count). The highest BCUT2D eigenvalue weighted by molar-refractivity contribution is 7.99. The summed E-state index contributed by atoms with van der Waals surface area (Å²) in [4.78, 5) is 14.8. The average Bonchev–Trinajstić information content (AvgIpc) is 3.22. The molecule has 1 unspecified atom stereocenters. The molecular weight excluding hydrogens is 338 g/mol. The summed E-state index contributed by atoms with van der Waals surface area (Å²) in [7, 11) is 0. The van der Waals surface area contributed by atoms with E-state index in [1.807, 2.05) is 11.3 Å². The van der Waals surface area contributed by atoms with Gasteiger partial charge in [0.1, 0.15) is 10.6 Å². The van der Waals surface area contributed by atoms with E-state index in [0.29, 0.717) is 0 Å². The zero-order valence-electron chi connectivity index (χ0n) is 14.7. The lowest BCUT2D eigenvalue weighted by Gasteiger charge is -2.33. The molecule has 0 aromatic carbocycles. The van der Waals surface area contributed by atoms with Crippen molar-refractivity contribution in [2.45, 2.75) is 63.8 Å². The molecule has 0 bridgehead atoms. The summed E-state index contributed by atoms with van der Waals surface area (Å²) in [6.45, 7) is 9.57. The van der Waals surface area contributed by atoms with Crippen molar-refractivity contribution in [2.75, 3.05) is 23.7 Å². The Hall–Kier alpha value is -0.850. The molecule has 4 nitrogen and oxygen atoms in total. The van der Waals surface area contributed by atoms with Crippen molar-refractivity contribution in [3.63, 3.8) is 0 Å². The van der Waals surface area contributed by atoms with Crippen LogP contribution >= 0.6 is 23.1 Å². The summed E-state index contributed by atoms with van der Waals surface area (Å²) < 4.78 is 6.16. The number of hydrogen-bond acceptors (Lipinski definition) is 6. The van der Waals surface area contributed by atoms with Gasteiger partial charge in [-0.1, -0.05) is 25.6 Å². The topological polar surface area (TPSA) is 38.2 Å². The van der Waals surface area contributed by atoms with E-state index in [2.05, 4.69) is 25.7 Å². The minimum atomic E-state index is -0.0554. The van der Waals surface area contributed by atoms with Crippen LogP contribution in [0.5, 0.6) is 0 Å². The van der Waals surface area contributed by atoms with E-state index in [4.69, 9.17) is 14.7 Å². The number of anilines is 1. The number of nitrogens with zero attached hydrogens (tertiary/aromatic N) is 3. The first-order valence-corrected chi connectivity index (χ1v) is 10.8. The van der Waals surface area contributed by atoms with Gasteiger partial charge in [0, 0.05) is 24.4 Å². The molecule has 6 heteroatoms. The third-order valence-corrected chi connectivity index (χ3v) is 7.05. The quantitative estimate of drug-likeness (QED) is 0.584. The Balaban J connectivity index is 1.88. The standard InChI is InChI=1S/C18H25N3OS2/c1-4-18(3)10-12-13(11-22-18)24-16-14(12)15(21-8-6-7-9-21)19-17(20-16)23-5-2/h4-11H2,1-3H3. The van der Waals surface area contributed by atoms with Gasteiger partial charge in [-0.05, 0) is 37.5 Å². The number of ether oxygens (including phenoxy) is 1. The second kappa shape index (κ2) is 6.46. The molecule has 2 aliphatic rings. The smallest absolute Gasteiger partial charge is 0.190 e. The number of thioether (sulfide) groups is 1. The van der Waals surface area contributed by atoms with Crippen LogP contribution in [0.3, 0.4) is 0 Å². The highest BCUT2D eigenvalue weighted by Gasteiger charge is 2.34. The number of thiophene rings is 1. The molecule has 2 aromatic heterocycles. The van der Waals surface area contributed by atoms with Crippen LogP contribution in [0.1, 0.15) is 50.5 Å². The molecular formula is C18H25N3OS2. The van der Waals surface area contributed by atoms with Crippen molar-refractivity contribution in [3.05, 3.63) is 10.4 Å². The summed E-state index contributed by atoms with van der Waals surface area (Å²) in [5, 5.41) is 2.23. The van der Waals surface area contributed by atoms with Crippen molar-refractivity contribution in [2.24, 2.45) is 0 Å². The zero-order chi connectivity index (χ0) is 16.7. The second-order valence-electron chi connectivity index (χ2n) is 6.91. The zero-order valence-corrected chi connectivity index (χ0v) is 16.4. The Kier molecular flexibility index (Phi) is 4.47. The van der Waals surface area contributed by atoms with Gasteiger partial charge in [0.25, 0.3) is 0 Å². The fourth-order valence-electron chi connectivity index (χ4n) is 3.61. The van der Waals surface area contributed by atoms with Crippen molar-refractivity contribution >= 4 is 39.1 Å². The maximum atomic E-state index is 6.16. The Morgan fingerprint density at radius 2 is 2.04 bits per heavy atom. The maximum Gasteiger partial charge on any atom is 0.190 e. The predicted octanol–water partition coefficient (Wildman–Crippen LogP) is 4.64. The van der Waals surface area contributed by atoms with Gasteiger partial charge in [-0.3, -0.25) is 0 Å². The average molecular weight is 364 g/mol. The highest BCUT2D eigenvalue weighted by Crippen LogP contribution is 2.43. The molecule has 4 heterocycles. The van der Waals surface area contributed by atoms with Gasteiger partial charge < -0.3 is 9.64 Å². The van der Waals surface area contributed by atoms with Crippen LogP contribution in [0.4, 0.5) is 5.82 Å². The first kappa shape index (κ1) is 16.6. The van der Waals surface area contributed by atoms with Crippen LogP contribution in [0.25, 0.3) is 10.2 Å². The van der Waals surface area contributed by atoms with Crippen molar-refractivity contribution in [1.29, 1.82) is 0 Å². The van der Waals surface area contributed by atoms with Crippen LogP contribution in [0.2, 0.25) is 0 Å². The van der Waals surface area contributed by atoms with E-state index in [9.17, 15) is 0 Å². The van der Waals surface area contributed by atoms with E-state index in [1.54, 1.807) is 11.8 Å². The van der Waals surface area contributed by atoms with Gasteiger partial charge in [-0.25, -0.2) is 9.97 Å². The lowest BCUT2D eigenvalue weighted by Crippen LogP contribution is -2.34. The first-order chi connectivity index (χ1) is 11.6. The molecule has 0 saturated carbocycles. The summed E-state index contributed by atoms with van der Waals surface area (Å²) in [6, 6.07) is 0. The van der Waals surface area contributed by atoms with E-state index in [1.165, 1.54) is 34.5 Å². The van der Waals surface area contributed by atoms with Gasteiger partial charge in [0.05, 0.1) is 17.6 Å². The normalized spacial score (nSPS) is 23.9. The van der Waals surface area contributed by atoms with Crippen LogP contribution < -0.4 is 4.90 Å². The minimum absolute atomic E-state index is 0.0554. The van der Waals surface area contributed by atoms with Crippen LogP contribution in [-0.4, -0.2) is 34.4 Å². The fourth-order valence-corrected chi connectivity index (χ4v) is 5.33. The third kappa shape index (κ3) is 2.82. The van der Waals surface area contributed by atoms with Crippen LogP contribution in [0, 0.1) is 0 Å². The number of fused-ring (bicyclic) bond motifs is 3. The predicted molar refractivity (Wildman–Crippen MR) is 102 cm³/mol. The molecule has 1 saturated heterocycles. The molecule has 24 heavy (non-hydrogen) atoms. The Bertz CT molecular complexity index is 754. The minimum Gasteiger partial charge on any atom is -0.369 e. The second-order valence-corrected chi connectivity index (χ2v) is 9.22.